The molecule has 1 aromatic heterocycles. The average Bonchev–Trinajstić information content (AvgIpc) is 2.99. The van der Waals surface area contributed by atoms with Crippen molar-refractivity contribution in [2.45, 2.75) is 57.7 Å². The number of benzene rings is 1. The van der Waals surface area contributed by atoms with Crippen molar-refractivity contribution in [2.24, 2.45) is 0 Å². The molecule has 0 saturated heterocycles. The van der Waals surface area contributed by atoms with E-state index in [9.17, 15) is 4.79 Å². The van der Waals surface area contributed by atoms with Crippen molar-refractivity contribution in [3.8, 4) is 11.4 Å². The lowest BCUT2D eigenvalue weighted by Gasteiger charge is -2.19. The van der Waals surface area contributed by atoms with Crippen molar-refractivity contribution in [2.75, 3.05) is 24.7 Å². The summed E-state index contributed by atoms with van der Waals surface area (Å²) >= 11 is 1.27. The van der Waals surface area contributed by atoms with E-state index in [1.54, 1.807) is 0 Å². The van der Waals surface area contributed by atoms with Crippen molar-refractivity contribution in [3.05, 3.63) is 29.8 Å². The fourth-order valence-corrected chi connectivity index (χ4v) is 3.18. The second-order valence-corrected chi connectivity index (χ2v) is 8.86. The maximum atomic E-state index is 12.0. The van der Waals surface area contributed by atoms with Crippen molar-refractivity contribution < 1.29 is 9.53 Å². The van der Waals surface area contributed by atoms with Gasteiger partial charge in [-0.3, -0.25) is 4.79 Å². The number of carbonyl (C=O) groups excluding carboxylic acids is 1. The van der Waals surface area contributed by atoms with Crippen LogP contribution in [0.25, 0.3) is 11.4 Å². The minimum absolute atomic E-state index is 0.0615. The van der Waals surface area contributed by atoms with Crippen LogP contribution < -0.4 is 11.2 Å². The standard InChI is InChI=1S/C20H31N5O2S/c1-14(2)27-12-6-11-22-17(26)13-28-19-24-23-18(25(19)21)15-7-9-16(10-8-15)20(3,4)5/h7-10,14H,6,11-13,21H2,1-5H3,(H,22,26). The summed E-state index contributed by atoms with van der Waals surface area (Å²) in [5.74, 6) is 6.89. The lowest BCUT2D eigenvalue weighted by atomic mass is 9.87. The fourth-order valence-electron chi connectivity index (χ4n) is 2.49. The Morgan fingerprint density at radius 2 is 1.93 bits per heavy atom. The minimum Gasteiger partial charge on any atom is -0.379 e. The molecule has 0 aliphatic carbocycles. The largest absolute Gasteiger partial charge is 0.379 e. The molecular formula is C20H31N5O2S. The number of thioether (sulfide) groups is 1. The van der Waals surface area contributed by atoms with Gasteiger partial charge in [0.05, 0.1) is 11.9 Å². The summed E-state index contributed by atoms with van der Waals surface area (Å²) in [6.07, 6.45) is 0.997. The first-order valence-corrected chi connectivity index (χ1v) is 10.5. The Labute approximate surface area is 171 Å². The van der Waals surface area contributed by atoms with E-state index >= 15 is 0 Å². The number of aromatic nitrogens is 3. The maximum absolute atomic E-state index is 12.0. The Morgan fingerprint density at radius 1 is 1.25 bits per heavy atom. The Morgan fingerprint density at radius 3 is 2.54 bits per heavy atom. The second kappa shape index (κ2) is 9.93. The van der Waals surface area contributed by atoms with Gasteiger partial charge in [0, 0.05) is 18.7 Å². The van der Waals surface area contributed by atoms with Crippen LogP contribution in [0.15, 0.2) is 29.4 Å². The van der Waals surface area contributed by atoms with Gasteiger partial charge >= 0.3 is 0 Å². The SMILES string of the molecule is CC(C)OCCCNC(=O)CSc1nnc(-c2ccc(C(C)(C)C)cc2)n1N. The predicted octanol–water partition coefficient (Wildman–Crippen LogP) is 2.98. The van der Waals surface area contributed by atoms with E-state index in [1.807, 2.05) is 26.0 Å². The quantitative estimate of drug-likeness (QED) is 0.378. The van der Waals surface area contributed by atoms with E-state index in [1.165, 1.54) is 22.0 Å². The van der Waals surface area contributed by atoms with E-state index in [4.69, 9.17) is 10.6 Å². The molecule has 0 aliphatic heterocycles. The Bertz CT molecular complexity index is 766. The fraction of sp³-hybridized carbons (Fsp3) is 0.550. The molecule has 1 aromatic carbocycles. The Kier molecular flexibility index (Phi) is 7.88. The van der Waals surface area contributed by atoms with Crippen LogP contribution in [-0.4, -0.2) is 45.8 Å². The molecule has 7 nitrogen and oxygen atoms in total. The normalized spacial score (nSPS) is 11.8. The number of hydrogen-bond donors (Lipinski definition) is 2. The van der Waals surface area contributed by atoms with Crippen LogP contribution >= 0.6 is 11.8 Å². The van der Waals surface area contributed by atoms with E-state index in [-0.39, 0.29) is 23.2 Å². The molecule has 0 atom stereocenters. The molecule has 0 saturated carbocycles. The molecule has 2 aromatic rings. The highest BCUT2D eigenvalue weighted by Gasteiger charge is 2.16. The summed E-state index contributed by atoms with van der Waals surface area (Å²) in [7, 11) is 0. The van der Waals surface area contributed by atoms with Gasteiger partial charge in [-0.2, -0.15) is 0 Å². The number of nitrogens with one attached hydrogen (secondary N) is 1. The zero-order chi connectivity index (χ0) is 20.7. The summed E-state index contributed by atoms with van der Waals surface area (Å²) in [6.45, 7) is 11.7. The monoisotopic (exact) mass is 405 g/mol. The Hall–Kier alpha value is -2.06. The number of rotatable bonds is 9. The number of nitrogens with zero attached hydrogens (tertiary/aromatic N) is 3. The highest BCUT2D eigenvalue weighted by atomic mass is 32.2. The molecular weight excluding hydrogens is 374 g/mol. The minimum atomic E-state index is -0.0615. The first kappa shape index (κ1) is 22.2. The number of nitrogen functional groups attached to an aromatic ring is 1. The van der Waals surface area contributed by atoms with Gasteiger partial charge in [0.15, 0.2) is 5.82 Å². The predicted molar refractivity (Wildman–Crippen MR) is 114 cm³/mol. The van der Waals surface area contributed by atoms with Gasteiger partial charge in [-0.15, -0.1) is 10.2 Å². The molecule has 8 heteroatoms. The van der Waals surface area contributed by atoms with Gasteiger partial charge in [-0.1, -0.05) is 56.8 Å². The molecule has 0 radical (unpaired) electrons. The van der Waals surface area contributed by atoms with Crippen molar-refractivity contribution in [3.63, 3.8) is 0 Å². The smallest absolute Gasteiger partial charge is 0.230 e. The molecule has 0 spiro atoms. The summed E-state index contributed by atoms with van der Waals surface area (Å²) in [4.78, 5) is 12.0. The molecule has 154 valence electrons. The molecule has 0 bridgehead atoms. The van der Waals surface area contributed by atoms with Crippen molar-refractivity contribution >= 4 is 17.7 Å². The number of carbonyl (C=O) groups is 1. The van der Waals surface area contributed by atoms with E-state index < -0.39 is 0 Å². The molecule has 1 amide bonds. The van der Waals surface area contributed by atoms with Gasteiger partial charge in [0.2, 0.25) is 11.1 Å². The number of amides is 1. The summed E-state index contributed by atoms with van der Waals surface area (Å²) in [5.41, 5.74) is 2.22. The Balaban J connectivity index is 1.86. The topological polar surface area (TPSA) is 95.1 Å². The zero-order valence-corrected chi connectivity index (χ0v) is 18.2. The molecule has 0 unspecified atom stereocenters. The number of hydrogen-bond acceptors (Lipinski definition) is 6. The van der Waals surface area contributed by atoms with Gasteiger partial charge in [-0.05, 0) is 31.2 Å². The van der Waals surface area contributed by atoms with Gasteiger partial charge in [0.25, 0.3) is 0 Å². The van der Waals surface area contributed by atoms with Gasteiger partial charge in [0.1, 0.15) is 0 Å². The second-order valence-electron chi connectivity index (χ2n) is 7.92. The molecule has 3 N–H and O–H groups in total. The first-order chi connectivity index (χ1) is 13.2. The van der Waals surface area contributed by atoms with Crippen LogP contribution in [0, 0.1) is 0 Å². The van der Waals surface area contributed by atoms with Crippen LogP contribution in [0.1, 0.15) is 46.6 Å². The lowest BCUT2D eigenvalue weighted by Crippen LogP contribution is -2.27. The van der Waals surface area contributed by atoms with Gasteiger partial charge in [-0.25, -0.2) is 4.68 Å². The zero-order valence-electron chi connectivity index (χ0n) is 17.4. The van der Waals surface area contributed by atoms with Crippen LogP contribution in [-0.2, 0) is 14.9 Å². The molecule has 1 heterocycles. The average molecular weight is 406 g/mol. The summed E-state index contributed by atoms with van der Waals surface area (Å²) < 4.78 is 6.88. The highest BCUT2D eigenvalue weighted by molar-refractivity contribution is 7.99. The molecule has 0 aliphatic rings. The van der Waals surface area contributed by atoms with Crippen LogP contribution in [0.5, 0.6) is 0 Å². The third kappa shape index (κ3) is 6.53. The lowest BCUT2D eigenvalue weighted by molar-refractivity contribution is -0.118. The summed E-state index contributed by atoms with van der Waals surface area (Å²) in [5, 5.41) is 11.7. The first-order valence-electron chi connectivity index (χ1n) is 9.51. The van der Waals surface area contributed by atoms with E-state index in [2.05, 4.69) is 48.4 Å². The highest BCUT2D eigenvalue weighted by Crippen LogP contribution is 2.26. The van der Waals surface area contributed by atoms with E-state index in [0.29, 0.717) is 24.1 Å². The van der Waals surface area contributed by atoms with Crippen molar-refractivity contribution in [1.82, 2.24) is 20.2 Å². The van der Waals surface area contributed by atoms with Crippen LogP contribution in [0.4, 0.5) is 0 Å². The van der Waals surface area contributed by atoms with Crippen molar-refractivity contribution in [1.29, 1.82) is 0 Å². The third-order valence-electron chi connectivity index (χ3n) is 4.10. The number of nitrogens with two attached hydrogens (primary N) is 1. The van der Waals surface area contributed by atoms with Crippen LogP contribution in [0.2, 0.25) is 0 Å². The van der Waals surface area contributed by atoms with E-state index in [0.717, 1.165) is 12.0 Å². The maximum Gasteiger partial charge on any atom is 0.230 e. The summed E-state index contributed by atoms with van der Waals surface area (Å²) in [6, 6.07) is 8.14. The number of ether oxygens (including phenoxy) is 1. The van der Waals surface area contributed by atoms with Gasteiger partial charge < -0.3 is 15.9 Å². The molecule has 0 fully saturated rings. The molecule has 2 rings (SSSR count). The molecule has 28 heavy (non-hydrogen) atoms. The van der Waals surface area contributed by atoms with Crippen LogP contribution in [0.3, 0.4) is 0 Å². The third-order valence-corrected chi connectivity index (χ3v) is 5.04.